The number of rotatable bonds is 7. The Balaban J connectivity index is 1.68. The average Bonchev–Trinajstić information content (AvgIpc) is 2.87. The molecule has 0 spiro atoms. The third-order valence-electron chi connectivity index (χ3n) is 6.53. The summed E-state index contributed by atoms with van der Waals surface area (Å²) >= 11 is 0. The van der Waals surface area contributed by atoms with Crippen LogP contribution in [-0.2, 0) is 22.4 Å². The van der Waals surface area contributed by atoms with E-state index >= 15 is 0 Å². The van der Waals surface area contributed by atoms with E-state index in [9.17, 15) is 9.90 Å². The maximum Gasteiger partial charge on any atom is 0.359 e. The Labute approximate surface area is 201 Å². The van der Waals surface area contributed by atoms with Crippen molar-refractivity contribution in [2.45, 2.75) is 25.7 Å². The van der Waals surface area contributed by atoms with Crippen molar-refractivity contribution in [2.75, 3.05) is 44.2 Å². The van der Waals surface area contributed by atoms with Crippen LogP contribution in [0.15, 0.2) is 53.7 Å². The summed E-state index contributed by atoms with van der Waals surface area (Å²) in [6.07, 6.45) is 7.59. The molecule has 0 aromatic heterocycles. The number of ether oxygens (including phenoxy) is 1. The van der Waals surface area contributed by atoms with Crippen molar-refractivity contribution in [1.82, 2.24) is 0 Å². The van der Waals surface area contributed by atoms with Crippen molar-refractivity contribution in [3.63, 3.8) is 0 Å². The van der Waals surface area contributed by atoms with Crippen molar-refractivity contribution in [3.8, 4) is 5.75 Å². The number of carbonyl (C=O) groups is 1. The summed E-state index contributed by atoms with van der Waals surface area (Å²) in [7, 11) is 5.04. The fraction of sp³-hybridized carbons (Fsp3) is 0.333. The third kappa shape index (κ3) is 4.56. The van der Waals surface area contributed by atoms with Gasteiger partial charge in [0.2, 0.25) is 0 Å². The summed E-state index contributed by atoms with van der Waals surface area (Å²) in [5.74, 6) is -0.351. The van der Waals surface area contributed by atoms with Gasteiger partial charge in [0.15, 0.2) is 5.71 Å². The Morgan fingerprint density at radius 3 is 2.74 bits per heavy atom. The molecule has 178 valence electrons. The highest BCUT2D eigenvalue weighted by molar-refractivity contribution is 6.44. The average molecular weight is 462 g/mol. The van der Waals surface area contributed by atoms with Gasteiger partial charge in [0.1, 0.15) is 17.1 Å². The molecule has 2 aliphatic rings. The topological polar surface area (TPSA) is 82.0 Å². The van der Waals surface area contributed by atoms with Crippen LogP contribution in [0.25, 0.3) is 6.08 Å². The van der Waals surface area contributed by atoms with Crippen LogP contribution < -0.4 is 15.2 Å². The molecule has 0 saturated heterocycles. The van der Waals surface area contributed by atoms with Gasteiger partial charge in [0.05, 0.1) is 14.2 Å². The number of hydrazone groups is 1. The van der Waals surface area contributed by atoms with Crippen LogP contribution in [0, 0.1) is 0 Å². The second-order valence-electron chi connectivity index (χ2n) is 8.66. The highest BCUT2D eigenvalue weighted by Crippen LogP contribution is 2.45. The highest BCUT2D eigenvalue weighted by Gasteiger charge is 2.29. The summed E-state index contributed by atoms with van der Waals surface area (Å²) in [5, 5.41) is 19.2. The van der Waals surface area contributed by atoms with Gasteiger partial charge in [-0.15, -0.1) is 0 Å². The SMILES string of the molecule is C=C(/C=C\c1ccccc1[NH2+]C)/C(=N/N(C)c1cc2c3c(c1O)CCCN3CCC2)C(=O)OC. The van der Waals surface area contributed by atoms with E-state index in [0.717, 1.165) is 55.6 Å². The molecule has 3 N–H and O–H groups in total. The number of anilines is 2. The molecule has 2 aromatic carbocycles. The maximum absolute atomic E-state index is 12.6. The molecule has 0 unspecified atom stereocenters. The lowest BCUT2D eigenvalue weighted by Crippen LogP contribution is -2.73. The molecule has 4 rings (SSSR count). The minimum Gasteiger partial charge on any atom is -0.505 e. The molecule has 2 aliphatic heterocycles. The number of nitrogens with zero attached hydrogens (tertiary/aromatic N) is 3. The van der Waals surface area contributed by atoms with Crippen molar-refractivity contribution in [1.29, 1.82) is 0 Å². The van der Waals surface area contributed by atoms with E-state index in [1.54, 1.807) is 18.1 Å². The molecule has 7 nitrogen and oxygen atoms in total. The predicted octanol–water partition coefficient (Wildman–Crippen LogP) is 3.15. The van der Waals surface area contributed by atoms with Gasteiger partial charge in [-0.05, 0) is 55.5 Å². The molecule has 0 bridgehead atoms. The number of quaternary nitrogens is 1. The number of aromatic hydroxyl groups is 1. The monoisotopic (exact) mass is 461 g/mol. The van der Waals surface area contributed by atoms with Crippen molar-refractivity contribution >= 4 is 34.8 Å². The number of carbonyl (C=O) groups excluding carboxylic acids is 1. The Hall–Kier alpha value is -3.58. The first-order valence-corrected chi connectivity index (χ1v) is 11.7. The Morgan fingerprint density at radius 1 is 1.26 bits per heavy atom. The zero-order valence-electron chi connectivity index (χ0n) is 20.2. The molecule has 2 aromatic rings. The van der Waals surface area contributed by atoms with Gasteiger partial charge in [-0.1, -0.05) is 24.8 Å². The lowest BCUT2D eigenvalue weighted by Gasteiger charge is -2.38. The number of para-hydroxylation sites is 1. The molecule has 0 atom stereocenters. The summed E-state index contributed by atoms with van der Waals surface area (Å²) in [5.41, 5.74) is 6.58. The van der Waals surface area contributed by atoms with E-state index in [0.29, 0.717) is 11.3 Å². The van der Waals surface area contributed by atoms with E-state index in [2.05, 4.69) is 16.6 Å². The standard InChI is InChI=1S/C27H32N4O3/c1-18(13-14-19-9-5-6-12-22(19)28-2)24(27(33)34-4)29-30(3)23-17-20-10-7-15-31-16-8-11-21(25(20)31)26(23)32/h5-6,9,12-14,17,28,32H,1,7-8,10-11,15-16H2,2-4H3/p+1/b14-13-,29-24-. The second-order valence-corrected chi connectivity index (χ2v) is 8.66. The zero-order chi connectivity index (χ0) is 24.2. The van der Waals surface area contributed by atoms with Gasteiger partial charge in [0, 0.05) is 42.5 Å². The van der Waals surface area contributed by atoms with E-state index < -0.39 is 5.97 Å². The van der Waals surface area contributed by atoms with E-state index in [-0.39, 0.29) is 11.5 Å². The molecule has 0 saturated carbocycles. The fourth-order valence-corrected chi connectivity index (χ4v) is 4.80. The third-order valence-corrected chi connectivity index (χ3v) is 6.53. The van der Waals surface area contributed by atoms with Gasteiger partial charge in [-0.25, -0.2) is 4.79 Å². The Bertz CT molecular complexity index is 1170. The second kappa shape index (κ2) is 10.1. The van der Waals surface area contributed by atoms with Crippen LogP contribution in [-0.4, -0.2) is 51.1 Å². The first-order valence-electron chi connectivity index (χ1n) is 11.7. The fourth-order valence-electron chi connectivity index (χ4n) is 4.80. The quantitative estimate of drug-likeness (QED) is 0.218. The van der Waals surface area contributed by atoms with Crippen LogP contribution in [0.1, 0.15) is 29.5 Å². The maximum atomic E-state index is 12.6. The summed E-state index contributed by atoms with van der Waals surface area (Å²) < 4.78 is 4.99. The lowest BCUT2D eigenvalue weighted by molar-refractivity contribution is -0.539. The van der Waals surface area contributed by atoms with Crippen molar-refractivity contribution in [2.24, 2.45) is 5.10 Å². The normalized spacial score (nSPS) is 15.3. The number of phenolic OH excluding ortho intramolecular Hbond substituents is 1. The first-order chi connectivity index (χ1) is 16.4. The van der Waals surface area contributed by atoms with E-state index in [1.807, 2.05) is 48.8 Å². The summed E-state index contributed by atoms with van der Waals surface area (Å²) in [6, 6.07) is 9.97. The number of aryl methyl sites for hydroxylation is 1. The van der Waals surface area contributed by atoms with Crippen LogP contribution >= 0.6 is 0 Å². The number of allylic oxidation sites excluding steroid dienone is 1. The van der Waals surface area contributed by atoms with E-state index in [4.69, 9.17) is 4.74 Å². The number of benzene rings is 2. The minimum atomic E-state index is -0.582. The number of esters is 1. The molecule has 7 heteroatoms. The number of phenols is 1. The Morgan fingerprint density at radius 2 is 2.00 bits per heavy atom. The number of hydrogen-bond acceptors (Lipinski definition) is 6. The van der Waals surface area contributed by atoms with Gasteiger partial charge in [-0.3, -0.25) is 5.01 Å². The molecular weight excluding hydrogens is 428 g/mol. The first kappa shape index (κ1) is 23.6. The largest absolute Gasteiger partial charge is 0.505 e. The lowest BCUT2D eigenvalue weighted by atomic mass is 9.90. The van der Waals surface area contributed by atoms with Gasteiger partial charge in [-0.2, -0.15) is 5.10 Å². The number of nitrogens with two attached hydrogens (primary N) is 1. The number of methoxy groups -OCH3 is 1. The highest BCUT2D eigenvalue weighted by atomic mass is 16.5. The smallest absolute Gasteiger partial charge is 0.359 e. The van der Waals surface area contributed by atoms with Crippen LogP contribution in [0.4, 0.5) is 17.1 Å². The Kier molecular flexibility index (Phi) is 7.03. The summed E-state index contributed by atoms with van der Waals surface area (Å²) in [6.45, 7) is 6.13. The number of hydrogen-bond donors (Lipinski definition) is 2. The predicted molar refractivity (Wildman–Crippen MR) is 137 cm³/mol. The van der Waals surface area contributed by atoms with Crippen LogP contribution in [0.2, 0.25) is 0 Å². The molecule has 2 heterocycles. The zero-order valence-corrected chi connectivity index (χ0v) is 20.2. The molecule has 0 radical (unpaired) electrons. The minimum absolute atomic E-state index is 0.0894. The van der Waals surface area contributed by atoms with Crippen molar-refractivity contribution in [3.05, 3.63) is 65.3 Å². The van der Waals surface area contributed by atoms with Crippen molar-refractivity contribution < 1.29 is 20.0 Å². The molecule has 0 fully saturated rings. The van der Waals surface area contributed by atoms with Crippen LogP contribution in [0.5, 0.6) is 5.75 Å². The van der Waals surface area contributed by atoms with Crippen LogP contribution in [0.3, 0.4) is 0 Å². The van der Waals surface area contributed by atoms with Gasteiger partial charge >= 0.3 is 5.97 Å². The van der Waals surface area contributed by atoms with E-state index in [1.165, 1.54) is 18.4 Å². The van der Waals surface area contributed by atoms with Gasteiger partial charge < -0.3 is 20.1 Å². The van der Waals surface area contributed by atoms with Gasteiger partial charge in [0.25, 0.3) is 0 Å². The molecular formula is C27H33N4O3+. The molecule has 0 aliphatic carbocycles. The molecule has 34 heavy (non-hydrogen) atoms. The summed E-state index contributed by atoms with van der Waals surface area (Å²) in [4.78, 5) is 15.0. The molecule has 0 amide bonds.